The minimum atomic E-state index is -0.571. The second kappa shape index (κ2) is 11.2. The number of ether oxygens (including phenoxy) is 1. The van der Waals surface area contributed by atoms with Crippen LogP contribution in [-0.2, 0) is 20.9 Å². The zero-order valence-corrected chi connectivity index (χ0v) is 19.4. The molecule has 0 atom stereocenters. The lowest BCUT2D eigenvalue weighted by molar-refractivity contribution is -0.134. The van der Waals surface area contributed by atoms with Gasteiger partial charge in [-0.3, -0.25) is 4.79 Å². The number of rotatable bonds is 9. The molecule has 8 heteroatoms. The van der Waals surface area contributed by atoms with E-state index in [9.17, 15) is 14.0 Å². The van der Waals surface area contributed by atoms with Crippen molar-refractivity contribution in [3.63, 3.8) is 0 Å². The molecule has 0 radical (unpaired) electrons. The number of carbonyl (C=O) groups is 2. The van der Waals surface area contributed by atoms with Gasteiger partial charge in [0.25, 0.3) is 0 Å². The summed E-state index contributed by atoms with van der Waals surface area (Å²) >= 11 is 6.53. The van der Waals surface area contributed by atoms with Crippen molar-refractivity contribution in [2.75, 3.05) is 24.4 Å². The van der Waals surface area contributed by atoms with Crippen molar-refractivity contribution < 1.29 is 18.7 Å². The molecule has 6 nitrogen and oxygen atoms in total. The van der Waals surface area contributed by atoms with Crippen molar-refractivity contribution in [2.24, 2.45) is 0 Å². The Hall–Kier alpha value is -3.97. The first-order valence-corrected chi connectivity index (χ1v) is 10.7. The summed E-state index contributed by atoms with van der Waals surface area (Å²) in [5.41, 5.74) is 4.74. The fraction of sp³-hybridized carbons (Fsp3) is 0.115. The van der Waals surface area contributed by atoms with E-state index in [-0.39, 0.29) is 6.54 Å². The van der Waals surface area contributed by atoms with Gasteiger partial charge in [-0.25, -0.2) is 9.18 Å². The van der Waals surface area contributed by atoms with E-state index in [0.717, 1.165) is 22.4 Å². The maximum absolute atomic E-state index is 14.2. The van der Waals surface area contributed by atoms with Gasteiger partial charge in [0.15, 0.2) is 0 Å². The van der Waals surface area contributed by atoms with E-state index in [2.05, 4.69) is 10.1 Å². The molecule has 174 valence electrons. The summed E-state index contributed by atoms with van der Waals surface area (Å²) in [4.78, 5) is 24.5. The second-order valence-electron chi connectivity index (χ2n) is 7.34. The lowest BCUT2D eigenvalue weighted by Gasteiger charge is -2.19. The van der Waals surface area contributed by atoms with Crippen molar-refractivity contribution in [3.05, 3.63) is 88.2 Å². The number of hydrogen-bond acceptors (Lipinski definition) is 5. The minimum Gasteiger partial charge on any atom is -0.466 e. The molecular weight excluding hydrogens is 457 g/mol. The number of nitrogens with one attached hydrogen (secondary N) is 2. The Balaban J connectivity index is 1.87. The molecule has 3 aromatic carbocycles. The van der Waals surface area contributed by atoms with E-state index in [1.807, 2.05) is 30.3 Å². The van der Waals surface area contributed by atoms with Gasteiger partial charge in [0, 0.05) is 41.3 Å². The van der Waals surface area contributed by atoms with Gasteiger partial charge in [0.2, 0.25) is 6.41 Å². The molecule has 0 aliphatic rings. The number of nitrogens with zero attached hydrogens (tertiary/aromatic N) is 1. The third kappa shape index (κ3) is 5.88. The number of anilines is 2. The number of amides is 1. The molecule has 3 rings (SSSR count). The predicted octanol–water partition coefficient (Wildman–Crippen LogP) is 5.53. The average molecular weight is 480 g/mol. The van der Waals surface area contributed by atoms with Gasteiger partial charge < -0.3 is 20.4 Å². The quantitative estimate of drug-likeness (QED) is 0.183. The van der Waals surface area contributed by atoms with Crippen LogP contribution < -0.4 is 10.2 Å². The van der Waals surface area contributed by atoms with E-state index in [4.69, 9.17) is 17.0 Å². The van der Waals surface area contributed by atoms with Crippen LogP contribution in [0.3, 0.4) is 0 Å². The first-order valence-electron chi connectivity index (χ1n) is 10.3. The highest BCUT2D eigenvalue weighted by atomic mass is 35.5. The first kappa shape index (κ1) is 24.7. The van der Waals surface area contributed by atoms with Gasteiger partial charge in [0.1, 0.15) is 5.82 Å². The largest absolute Gasteiger partial charge is 0.466 e. The first-order chi connectivity index (χ1) is 16.4. The molecule has 0 bridgehead atoms. The fourth-order valence-corrected chi connectivity index (χ4v) is 3.65. The number of hydrogen-bond donors (Lipinski definition) is 2. The summed E-state index contributed by atoms with van der Waals surface area (Å²) in [7, 11) is 3.04. The topological polar surface area (TPSA) is 82.5 Å². The van der Waals surface area contributed by atoms with Crippen molar-refractivity contribution in [1.29, 1.82) is 5.41 Å². The number of halogens is 2. The molecule has 1 amide bonds. The number of benzene rings is 3. The van der Waals surface area contributed by atoms with Crippen molar-refractivity contribution >= 4 is 47.6 Å². The maximum Gasteiger partial charge on any atom is 0.330 e. The maximum atomic E-state index is 14.2. The van der Waals surface area contributed by atoms with E-state index in [1.165, 1.54) is 42.5 Å². The molecule has 0 fully saturated rings. The van der Waals surface area contributed by atoms with E-state index >= 15 is 0 Å². The standard InChI is InChI=1S/C26H23ClFN3O3/c1-30-25-7-6-18(11-21(25)14-29)19-4-5-20(24(27)12-19)15-31(16-32)23-10-17(9-22(28)13-23)3-8-26(33)34-2/h3-14,16,29-30H,15H2,1-2H3/b8-3+,29-14?. The Morgan fingerprint density at radius 2 is 1.88 bits per heavy atom. The van der Waals surface area contributed by atoms with Crippen LogP contribution in [-0.4, -0.2) is 32.8 Å². The number of carbonyl (C=O) groups excluding carboxylic acids is 2. The van der Waals surface area contributed by atoms with E-state index < -0.39 is 11.8 Å². The van der Waals surface area contributed by atoms with Crippen LogP contribution in [0.1, 0.15) is 16.7 Å². The summed E-state index contributed by atoms with van der Waals surface area (Å²) in [6.45, 7) is 0.122. The smallest absolute Gasteiger partial charge is 0.330 e. The lowest BCUT2D eigenvalue weighted by Crippen LogP contribution is -2.20. The second-order valence-corrected chi connectivity index (χ2v) is 7.74. The molecule has 0 unspecified atom stereocenters. The zero-order valence-electron chi connectivity index (χ0n) is 18.6. The van der Waals surface area contributed by atoms with Crippen LogP contribution >= 0.6 is 11.6 Å². The Morgan fingerprint density at radius 3 is 2.53 bits per heavy atom. The van der Waals surface area contributed by atoms with E-state index in [1.54, 1.807) is 19.2 Å². The highest BCUT2D eigenvalue weighted by molar-refractivity contribution is 6.31. The molecule has 0 saturated heterocycles. The molecule has 34 heavy (non-hydrogen) atoms. The fourth-order valence-electron chi connectivity index (χ4n) is 3.41. The molecular formula is C26H23ClFN3O3. The van der Waals surface area contributed by atoms with Crippen LogP contribution in [0.2, 0.25) is 5.02 Å². The Kier molecular flexibility index (Phi) is 8.16. The van der Waals surface area contributed by atoms with Crippen molar-refractivity contribution in [2.45, 2.75) is 6.54 Å². The van der Waals surface area contributed by atoms with Gasteiger partial charge in [-0.15, -0.1) is 0 Å². The minimum absolute atomic E-state index is 0.122. The summed E-state index contributed by atoms with van der Waals surface area (Å²) in [6.07, 6.45) is 4.46. The van der Waals surface area contributed by atoms with Crippen LogP contribution in [0.25, 0.3) is 17.2 Å². The molecule has 0 aliphatic carbocycles. The van der Waals surface area contributed by atoms with E-state index in [0.29, 0.717) is 28.2 Å². The summed E-state index contributed by atoms with van der Waals surface area (Å²) < 4.78 is 18.7. The number of esters is 1. The summed E-state index contributed by atoms with van der Waals surface area (Å²) in [5, 5.41) is 11.1. The summed E-state index contributed by atoms with van der Waals surface area (Å²) in [6, 6.07) is 15.2. The van der Waals surface area contributed by atoms with Crippen molar-refractivity contribution in [1.82, 2.24) is 0 Å². The summed E-state index contributed by atoms with van der Waals surface area (Å²) in [5.74, 6) is -1.12. The number of methoxy groups -OCH3 is 1. The average Bonchev–Trinajstić information content (AvgIpc) is 2.85. The van der Waals surface area contributed by atoms with Gasteiger partial charge in [-0.1, -0.05) is 29.8 Å². The monoisotopic (exact) mass is 479 g/mol. The SMILES string of the molecule is CNc1ccc(-c2ccc(CN(C=O)c3cc(F)cc(/C=C/C(=O)OC)c3)c(Cl)c2)cc1C=N. The molecule has 0 spiro atoms. The third-order valence-corrected chi connectivity index (χ3v) is 5.53. The highest BCUT2D eigenvalue weighted by Crippen LogP contribution is 2.30. The Bertz CT molecular complexity index is 1260. The van der Waals surface area contributed by atoms with Gasteiger partial charge in [-0.2, -0.15) is 0 Å². The van der Waals surface area contributed by atoms with Gasteiger partial charge in [-0.05, 0) is 64.7 Å². The predicted molar refractivity (Wildman–Crippen MR) is 134 cm³/mol. The Labute approximate surface area is 202 Å². The molecule has 2 N–H and O–H groups in total. The van der Waals surface area contributed by atoms with Crippen LogP contribution in [0, 0.1) is 11.2 Å². The van der Waals surface area contributed by atoms with Crippen molar-refractivity contribution in [3.8, 4) is 11.1 Å². The molecule has 0 heterocycles. The van der Waals surface area contributed by atoms with Crippen LogP contribution in [0.5, 0.6) is 0 Å². The van der Waals surface area contributed by atoms with Gasteiger partial charge in [0.05, 0.1) is 13.7 Å². The van der Waals surface area contributed by atoms with Gasteiger partial charge >= 0.3 is 5.97 Å². The zero-order chi connectivity index (χ0) is 24.7. The molecule has 0 aromatic heterocycles. The molecule has 0 aliphatic heterocycles. The molecule has 3 aromatic rings. The third-order valence-electron chi connectivity index (χ3n) is 5.18. The lowest BCUT2D eigenvalue weighted by atomic mass is 10.0. The highest BCUT2D eigenvalue weighted by Gasteiger charge is 2.13. The molecule has 0 saturated carbocycles. The van der Waals surface area contributed by atoms with Crippen LogP contribution in [0.15, 0.2) is 60.7 Å². The van der Waals surface area contributed by atoms with Crippen LogP contribution in [0.4, 0.5) is 15.8 Å². The normalized spacial score (nSPS) is 10.7. The Morgan fingerprint density at radius 1 is 1.15 bits per heavy atom.